The summed E-state index contributed by atoms with van der Waals surface area (Å²) in [4.78, 5) is 17.7. The van der Waals surface area contributed by atoms with Crippen molar-refractivity contribution in [3.63, 3.8) is 0 Å². The summed E-state index contributed by atoms with van der Waals surface area (Å²) >= 11 is 0. The Kier molecular flexibility index (Phi) is 3.95. The van der Waals surface area contributed by atoms with Gasteiger partial charge in [-0.2, -0.15) is 4.98 Å². The molecule has 0 aromatic carbocycles. The van der Waals surface area contributed by atoms with Crippen LogP contribution in [0.2, 0.25) is 0 Å². The number of anilines is 1. The fraction of sp³-hybridized carbons (Fsp3) is 0.500. The van der Waals surface area contributed by atoms with Gasteiger partial charge in [-0.05, 0) is 6.92 Å². The fourth-order valence-corrected chi connectivity index (χ4v) is 1.06. The van der Waals surface area contributed by atoms with Crippen LogP contribution in [0, 0.1) is 10.1 Å². The highest BCUT2D eigenvalue weighted by atomic mass is 16.6. The molecule has 0 aliphatic rings. The van der Waals surface area contributed by atoms with Gasteiger partial charge in [-0.3, -0.25) is 10.1 Å². The summed E-state index contributed by atoms with van der Waals surface area (Å²) in [6.45, 7) is 2.15. The van der Waals surface area contributed by atoms with E-state index in [1.807, 2.05) is 0 Å². The second-order valence-electron chi connectivity index (χ2n) is 3.20. The number of nitrogens with two attached hydrogens (primary N) is 1. The Balaban J connectivity index is 3.02. The fourth-order valence-electron chi connectivity index (χ4n) is 1.06. The van der Waals surface area contributed by atoms with E-state index in [4.69, 9.17) is 10.5 Å². The third kappa shape index (κ3) is 2.76. The SMILES string of the molecule is COc1ncnc(NCC(C)N)c1[N+](=O)[O-]. The van der Waals surface area contributed by atoms with Crippen LogP contribution in [0.25, 0.3) is 0 Å². The Morgan fingerprint density at radius 1 is 1.69 bits per heavy atom. The van der Waals surface area contributed by atoms with Crippen molar-refractivity contribution in [3.05, 3.63) is 16.4 Å². The minimum Gasteiger partial charge on any atom is -0.476 e. The van der Waals surface area contributed by atoms with Crippen LogP contribution in [0.4, 0.5) is 11.5 Å². The maximum absolute atomic E-state index is 10.8. The molecule has 1 heterocycles. The number of hydrogen-bond acceptors (Lipinski definition) is 7. The minimum atomic E-state index is -0.595. The number of nitrogens with one attached hydrogen (secondary N) is 1. The van der Waals surface area contributed by atoms with Crippen molar-refractivity contribution >= 4 is 11.5 Å². The predicted octanol–water partition coefficient (Wildman–Crippen LogP) is 0.152. The third-order valence-electron chi connectivity index (χ3n) is 1.76. The Labute approximate surface area is 92.0 Å². The molecule has 0 spiro atoms. The molecule has 88 valence electrons. The Morgan fingerprint density at radius 2 is 2.38 bits per heavy atom. The van der Waals surface area contributed by atoms with Crippen LogP contribution < -0.4 is 15.8 Å². The van der Waals surface area contributed by atoms with Crippen molar-refractivity contribution in [2.75, 3.05) is 19.0 Å². The summed E-state index contributed by atoms with van der Waals surface area (Å²) in [5.74, 6) is 0.0290. The number of hydrogen-bond donors (Lipinski definition) is 2. The molecule has 1 unspecified atom stereocenters. The first kappa shape index (κ1) is 12.1. The lowest BCUT2D eigenvalue weighted by Crippen LogP contribution is -2.25. The van der Waals surface area contributed by atoms with E-state index in [0.717, 1.165) is 0 Å². The van der Waals surface area contributed by atoms with Gasteiger partial charge in [0.05, 0.1) is 12.0 Å². The molecular formula is C8H13N5O3. The van der Waals surface area contributed by atoms with Crippen molar-refractivity contribution in [1.82, 2.24) is 9.97 Å². The summed E-state index contributed by atoms with van der Waals surface area (Å²) in [5.41, 5.74) is 5.24. The normalized spacial score (nSPS) is 11.9. The van der Waals surface area contributed by atoms with Gasteiger partial charge < -0.3 is 15.8 Å². The first-order valence-electron chi connectivity index (χ1n) is 4.59. The monoisotopic (exact) mass is 227 g/mol. The zero-order chi connectivity index (χ0) is 12.1. The second kappa shape index (κ2) is 5.21. The van der Waals surface area contributed by atoms with E-state index < -0.39 is 4.92 Å². The molecule has 16 heavy (non-hydrogen) atoms. The molecule has 0 amide bonds. The topological polar surface area (TPSA) is 116 Å². The molecule has 0 saturated carbocycles. The molecule has 3 N–H and O–H groups in total. The molecular weight excluding hydrogens is 214 g/mol. The maximum Gasteiger partial charge on any atom is 0.372 e. The van der Waals surface area contributed by atoms with Gasteiger partial charge in [0.2, 0.25) is 5.82 Å². The average Bonchev–Trinajstić information content (AvgIpc) is 2.25. The van der Waals surface area contributed by atoms with E-state index in [1.165, 1.54) is 13.4 Å². The Morgan fingerprint density at radius 3 is 2.88 bits per heavy atom. The van der Waals surface area contributed by atoms with Gasteiger partial charge in [0.1, 0.15) is 6.33 Å². The molecule has 1 rings (SSSR count). The summed E-state index contributed by atoms with van der Waals surface area (Å²) in [6.07, 6.45) is 1.19. The van der Waals surface area contributed by atoms with E-state index in [1.54, 1.807) is 6.92 Å². The molecule has 1 atom stereocenters. The van der Waals surface area contributed by atoms with Gasteiger partial charge in [-0.1, -0.05) is 0 Å². The maximum atomic E-state index is 10.8. The van der Waals surface area contributed by atoms with Crippen molar-refractivity contribution in [2.45, 2.75) is 13.0 Å². The van der Waals surface area contributed by atoms with E-state index in [0.29, 0.717) is 6.54 Å². The van der Waals surface area contributed by atoms with E-state index >= 15 is 0 Å². The van der Waals surface area contributed by atoms with E-state index in [2.05, 4.69) is 15.3 Å². The molecule has 1 aromatic rings. The van der Waals surface area contributed by atoms with Crippen LogP contribution in [-0.4, -0.2) is 34.6 Å². The van der Waals surface area contributed by atoms with Crippen LogP contribution in [0.15, 0.2) is 6.33 Å². The third-order valence-corrected chi connectivity index (χ3v) is 1.76. The van der Waals surface area contributed by atoms with Gasteiger partial charge in [0.15, 0.2) is 0 Å². The Bertz CT molecular complexity index is 382. The number of methoxy groups -OCH3 is 1. The zero-order valence-corrected chi connectivity index (χ0v) is 9.01. The highest BCUT2D eigenvalue weighted by Crippen LogP contribution is 2.29. The van der Waals surface area contributed by atoms with Crippen molar-refractivity contribution in [2.24, 2.45) is 5.73 Å². The van der Waals surface area contributed by atoms with Crippen LogP contribution in [0.5, 0.6) is 5.88 Å². The summed E-state index contributed by atoms with van der Waals surface area (Å²) in [5, 5.41) is 13.6. The molecule has 8 heteroatoms. The summed E-state index contributed by atoms with van der Waals surface area (Å²) in [7, 11) is 1.31. The summed E-state index contributed by atoms with van der Waals surface area (Å²) < 4.78 is 4.79. The smallest absolute Gasteiger partial charge is 0.372 e. The molecule has 0 saturated heterocycles. The van der Waals surface area contributed by atoms with Gasteiger partial charge in [0.25, 0.3) is 5.88 Å². The largest absolute Gasteiger partial charge is 0.476 e. The number of nitro groups is 1. The van der Waals surface area contributed by atoms with Crippen LogP contribution >= 0.6 is 0 Å². The highest BCUT2D eigenvalue weighted by Gasteiger charge is 2.23. The average molecular weight is 227 g/mol. The molecule has 0 aliphatic heterocycles. The van der Waals surface area contributed by atoms with Gasteiger partial charge in [0, 0.05) is 12.6 Å². The van der Waals surface area contributed by atoms with Gasteiger partial charge in [-0.25, -0.2) is 4.98 Å². The zero-order valence-electron chi connectivity index (χ0n) is 9.01. The lowest BCUT2D eigenvalue weighted by atomic mass is 10.3. The lowest BCUT2D eigenvalue weighted by molar-refractivity contribution is -0.385. The first-order chi connectivity index (χ1) is 7.56. The quantitative estimate of drug-likeness (QED) is 0.543. The van der Waals surface area contributed by atoms with E-state index in [-0.39, 0.29) is 23.4 Å². The van der Waals surface area contributed by atoms with Crippen molar-refractivity contribution in [3.8, 4) is 5.88 Å². The lowest BCUT2D eigenvalue weighted by Gasteiger charge is -2.09. The minimum absolute atomic E-state index is 0.0767. The Hall–Kier alpha value is -1.96. The van der Waals surface area contributed by atoms with Crippen LogP contribution in [0.3, 0.4) is 0 Å². The van der Waals surface area contributed by atoms with E-state index in [9.17, 15) is 10.1 Å². The van der Waals surface area contributed by atoms with Gasteiger partial charge >= 0.3 is 5.69 Å². The number of ether oxygens (including phenoxy) is 1. The molecule has 1 aromatic heterocycles. The van der Waals surface area contributed by atoms with Crippen LogP contribution in [-0.2, 0) is 0 Å². The first-order valence-corrected chi connectivity index (χ1v) is 4.59. The van der Waals surface area contributed by atoms with Crippen molar-refractivity contribution < 1.29 is 9.66 Å². The van der Waals surface area contributed by atoms with Crippen molar-refractivity contribution in [1.29, 1.82) is 0 Å². The van der Waals surface area contributed by atoms with Gasteiger partial charge in [-0.15, -0.1) is 0 Å². The van der Waals surface area contributed by atoms with Crippen LogP contribution in [0.1, 0.15) is 6.92 Å². The predicted molar refractivity (Wildman–Crippen MR) is 57.4 cm³/mol. The molecule has 8 nitrogen and oxygen atoms in total. The molecule has 0 bridgehead atoms. The summed E-state index contributed by atoms with van der Waals surface area (Å²) in [6, 6.07) is -0.138. The number of rotatable bonds is 5. The molecule has 0 fully saturated rings. The second-order valence-corrected chi connectivity index (χ2v) is 3.20. The highest BCUT2D eigenvalue weighted by molar-refractivity contribution is 5.61. The standard InChI is InChI=1S/C8H13N5O3/c1-5(9)3-10-7-6(13(14)15)8(16-2)12-4-11-7/h4-5H,3,9H2,1-2H3,(H,10,11,12). The molecule has 0 aliphatic carbocycles. The number of nitrogens with zero attached hydrogens (tertiary/aromatic N) is 3. The molecule has 0 radical (unpaired) electrons. The number of aromatic nitrogens is 2.